The summed E-state index contributed by atoms with van der Waals surface area (Å²) in [7, 11) is 2.68. The predicted molar refractivity (Wildman–Crippen MR) is 59.3 cm³/mol. The number of carbonyl (C=O) groups is 1. The summed E-state index contributed by atoms with van der Waals surface area (Å²) in [5.74, 6) is -0.248. The molecule has 2 heterocycles. The van der Waals surface area contributed by atoms with Gasteiger partial charge in [0.05, 0.1) is 14.2 Å². The number of ether oxygens (including phenoxy) is 2. The minimum atomic E-state index is -0.645. The normalized spacial score (nSPS) is 10.1. The van der Waals surface area contributed by atoms with E-state index in [2.05, 4.69) is 24.8 Å². The van der Waals surface area contributed by atoms with Crippen molar-refractivity contribution in [3.63, 3.8) is 0 Å². The number of hydrogen-bond donors (Lipinski definition) is 1. The highest BCUT2D eigenvalue weighted by molar-refractivity contribution is 5.84. The summed E-state index contributed by atoms with van der Waals surface area (Å²) in [6.45, 7) is 0. The van der Waals surface area contributed by atoms with Crippen LogP contribution in [-0.2, 0) is 4.74 Å². The maximum absolute atomic E-state index is 11.2. The Labute approximate surface area is 102 Å². The van der Waals surface area contributed by atoms with Gasteiger partial charge in [-0.2, -0.15) is 9.67 Å². The largest absolute Gasteiger partial charge is 0.479 e. The number of hydrogen-bond acceptors (Lipinski definition) is 8. The van der Waals surface area contributed by atoms with Gasteiger partial charge in [-0.15, -0.1) is 5.10 Å². The topological polar surface area (TPSA) is 118 Å². The molecule has 18 heavy (non-hydrogen) atoms. The molecular formula is C9H10N6O3. The summed E-state index contributed by atoms with van der Waals surface area (Å²) in [4.78, 5) is 22.8. The van der Waals surface area contributed by atoms with Gasteiger partial charge in [-0.3, -0.25) is 0 Å². The molecule has 2 aromatic heterocycles. The van der Waals surface area contributed by atoms with Crippen molar-refractivity contribution in [2.75, 3.05) is 20.0 Å². The Morgan fingerprint density at radius 1 is 1.33 bits per heavy atom. The fourth-order valence-electron chi connectivity index (χ4n) is 1.27. The molecule has 2 aromatic rings. The van der Waals surface area contributed by atoms with Crippen LogP contribution in [0.3, 0.4) is 0 Å². The highest BCUT2D eigenvalue weighted by atomic mass is 16.5. The molecule has 0 aliphatic carbocycles. The first-order chi connectivity index (χ1) is 8.67. The standard InChI is InChI=1S/C9H10N6O3/c1-17-8-5(10)7(11-3-12-8)15-4-13-6(14-15)9(16)18-2/h3-4H,10H2,1-2H3. The van der Waals surface area contributed by atoms with Gasteiger partial charge in [0.2, 0.25) is 5.88 Å². The third kappa shape index (κ3) is 1.93. The van der Waals surface area contributed by atoms with Crippen molar-refractivity contribution in [2.24, 2.45) is 0 Å². The van der Waals surface area contributed by atoms with Crippen LogP contribution in [0.4, 0.5) is 5.69 Å². The predicted octanol–water partition coefficient (Wildman–Crippen LogP) is -0.565. The number of nitrogens with two attached hydrogens (primary N) is 1. The first-order valence-corrected chi connectivity index (χ1v) is 4.82. The summed E-state index contributed by atoms with van der Waals surface area (Å²) in [6, 6.07) is 0. The zero-order valence-corrected chi connectivity index (χ0v) is 9.69. The summed E-state index contributed by atoms with van der Waals surface area (Å²) in [5.41, 5.74) is 5.98. The van der Waals surface area contributed by atoms with E-state index in [9.17, 15) is 4.79 Å². The molecule has 2 N–H and O–H groups in total. The third-order valence-corrected chi connectivity index (χ3v) is 2.10. The van der Waals surface area contributed by atoms with Crippen molar-refractivity contribution in [1.82, 2.24) is 24.7 Å². The highest BCUT2D eigenvalue weighted by Crippen LogP contribution is 2.22. The number of methoxy groups -OCH3 is 2. The quantitative estimate of drug-likeness (QED) is 0.720. The summed E-state index contributed by atoms with van der Waals surface area (Å²) in [5, 5.41) is 3.89. The lowest BCUT2D eigenvalue weighted by Crippen LogP contribution is -2.08. The molecule has 0 radical (unpaired) electrons. The zero-order chi connectivity index (χ0) is 13.1. The van der Waals surface area contributed by atoms with Gasteiger partial charge in [-0.1, -0.05) is 0 Å². The van der Waals surface area contributed by atoms with Gasteiger partial charge in [-0.05, 0) is 0 Å². The monoisotopic (exact) mass is 250 g/mol. The fourth-order valence-corrected chi connectivity index (χ4v) is 1.27. The number of nitrogen functional groups attached to an aromatic ring is 1. The first-order valence-electron chi connectivity index (χ1n) is 4.82. The maximum Gasteiger partial charge on any atom is 0.377 e. The number of esters is 1. The van der Waals surface area contributed by atoms with Crippen molar-refractivity contribution >= 4 is 11.7 Å². The van der Waals surface area contributed by atoms with Crippen LogP contribution < -0.4 is 10.5 Å². The lowest BCUT2D eigenvalue weighted by Gasteiger charge is -2.06. The van der Waals surface area contributed by atoms with Crippen LogP contribution in [-0.4, -0.2) is 44.9 Å². The Morgan fingerprint density at radius 2 is 2.11 bits per heavy atom. The van der Waals surface area contributed by atoms with E-state index in [0.29, 0.717) is 0 Å². The van der Waals surface area contributed by atoms with E-state index >= 15 is 0 Å². The molecule has 9 nitrogen and oxygen atoms in total. The number of carbonyl (C=O) groups excluding carboxylic acids is 1. The number of rotatable bonds is 3. The second-order valence-electron chi connectivity index (χ2n) is 3.12. The van der Waals surface area contributed by atoms with Gasteiger partial charge in [0.25, 0.3) is 5.82 Å². The maximum atomic E-state index is 11.2. The van der Waals surface area contributed by atoms with Gasteiger partial charge in [0, 0.05) is 0 Å². The molecule has 2 rings (SSSR count). The Hall–Kier alpha value is -2.71. The van der Waals surface area contributed by atoms with Crippen molar-refractivity contribution in [2.45, 2.75) is 0 Å². The molecule has 9 heteroatoms. The van der Waals surface area contributed by atoms with Crippen molar-refractivity contribution in [3.05, 3.63) is 18.5 Å². The van der Waals surface area contributed by atoms with E-state index in [1.54, 1.807) is 0 Å². The van der Waals surface area contributed by atoms with Gasteiger partial charge < -0.3 is 15.2 Å². The minimum Gasteiger partial charge on any atom is -0.479 e. The lowest BCUT2D eigenvalue weighted by molar-refractivity contribution is 0.0587. The van der Waals surface area contributed by atoms with Crippen LogP contribution >= 0.6 is 0 Å². The van der Waals surface area contributed by atoms with Crippen LogP contribution in [0.15, 0.2) is 12.7 Å². The van der Waals surface area contributed by atoms with Gasteiger partial charge in [0.15, 0.2) is 5.82 Å². The smallest absolute Gasteiger partial charge is 0.377 e. The molecule has 0 bridgehead atoms. The Bertz CT molecular complexity index is 581. The van der Waals surface area contributed by atoms with Gasteiger partial charge in [-0.25, -0.2) is 14.8 Å². The molecule has 0 amide bonds. The molecule has 0 aromatic carbocycles. The summed E-state index contributed by atoms with van der Waals surface area (Å²) < 4.78 is 10.7. The molecular weight excluding hydrogens is 240 g/mol. The van der Waals surface area contributed by atoms with Crippen molar-refractivity contribution < 1.29 is 14.3 Å². The number of nitrogens with zero attached hydrogens (tertiary/aromatic N) is 5. The second-order valence-corrected chi connectivity index (χ2v) is 3.12. The third-order valence-electron chi connectivity index (χ3n) is 2.10. The number of anilines is 1. The first kappa shape index (κ1) is 11.8. The van der Waals surface area contributed by atoms with E-state index in [1.807, 2.05) is 0 Å². The molecule has 0 aliphatic rings. The Balaban J connectivity index is 2.43. The van der Waals surface area contributed by atoms with E-state index in [0.717, 1.165) is 0 Å². The molecule has 0 spiro atoms. The number of aromatic nitrogens is 5. The van der Waals surface area contributed by atoms with Crippen LogP contribution in [0, 0.1) is 0 Å². The molecule has 0 saturated carbocycles. The van der Waals surface area contributed by atoms with Crippen molar-refractivity contribution in [3.8, 4) is 11.7 Å². The second kappa shape index (κ2) is 4.65. The average Bonchev–Trinajstić information content (AvgIpc) is 2.87. The highest BCUT2D eigenvalue weighted by Gasteiger charge is 2.15. The van der Waals surface area contributed by atoms with E-state index in [4.69, 9.17) is 10.5 Å². The van der Waals surface area contributed by atoms with E-state index < -0.39 is 5.97 Å². The van der Waals surface area contributed by atoms with Gasteiger partial charge >= 0.3 is 5.97 Å². The van der Waals surface area contributed by atoms with Crippen molar-refractivity contribution in [1.29, 1.82) is 0 Å². The van der Waals surface area contributed by atoms with E-state index in [1.165, 1.54) is 31.6 Å². The van der Waals surface area contributed by atoms with Crippen LogP contribution in [0.25, 0.3) is 5.82 Å². The van der Waals surface area contributed by atoms with Crippen LogP contribution in [0.5, 0.6) is 5.88 Å². The minimum absolute atomic E-state index is 0.0884. The fraction of sp³-hybridized carbons (Fsp3) is 0.222. The molecule has 0 unspecified atom stereocenters. The Morgan fingerprint density at radius 3 is 2.78 bits per heavy atom. The lowest BCUT2D eigenvalue weighted by atomic mass is 10.4. The van der Waals surface area contributed by atoms with Gasteiger partial charge in [0.1, 0.15) is 18.3 Å². The summed E-state index contributed by atoms with van der Waals surface area (Å²) in [6.07, 6.45) is 2.56. The molecule has 0 saturated heterocycles. The zero-order valence-electron chi connectivity index (χ0n) is 9.69. The average molecular weight is 250 g/mol. The van der Waals surface area contributed by atoms with E-state index in [-0.39, 0.29) is 23.2 Å². The summed E-state index contributed by atoms with van der Waals surface area (Å²) >= 11 is 0. The molecule has 0 atom stereocenters. The molecule has 0 fully saturated rings. The molecule has 94 valence electrons. The SMILES string of the molecule is COC(=O)c1ncn(-c2ncnc(OC)c2N)n1. The van der Waals surface area contributed by atoms with Crippen LogP contribution in [0.2, 0.25) is 0 Å². The van der Waals surface area contributed by atoms with Crippen LogP contribution in [0.1, 0.15) is 10.6 Å². The Kier molecular flexibility index (Phi) is 3.04. The molecule has 0 aliphatic heterocycles.